The van der Waals surface area contributed by atoms with Crippen molar-refractivity contribution in [1.29, 1.82) is 0 Å². The first kappa shape index (κ1) is 11.1. The molecule has 1 aliphatic carbocycles. The van der Waals surface area contributed by atoms with Crippen LogP contribution in [-0.4, -0.2) is 10.1 Å². The van der Waals surface area contributed by atoms with E-state index in [1.54, 1.807) is 23.0 Å². The van der Waals surface area contributed by atoms with Crippen LogP contribution < -0.4 is 0 Å². The smallest absolute Gasteiger partial charge is 0.0898 e. The molecule has 0 bridgehead atoms. The zero-order valence-corrected chi connectivity index (χ0v) is 9.88. The van der Waals surface area contributed by atoms with E-state index in [2.05, 4.69) is 4.98 Å². The van der Waals surface area contributed by atoms with E-state index in [1.165, 1.54) is 38.5 Å². The van der Waals surface area contributed by atoms with Crippen molar-refractivity contribution in [2.45, 2.75) is 51.0 Å². The number of aliphatic hydroxyl groups is 1. The highest BCUT2D eigenvalue weighted by Gasteiger charge is 2.16. The van der Waals surface area contributed by atoms with Gasteiger partial charge in [-0.3, -0.25) is 4.98 Å². The van der Waals surface area contributed by atoms with Gasteiger partial charge in [0.2, 0.25) is 0 Å². The van der Waals surface area contributed by atoms with Gasteiger partial charge in [0.1, 0.15) is 0 Å². The van der Waals surface area contributed by atoms with E-state index in [0.29, 0.717) is 0 Å². The number of nitrogens with zero attached hydrogens (tertiary/aromatic N) is 1. The van der Waals surface area contributed by atoms with E-state index >= 15 is 0 Å². The Morgan fingerprint density at radius 3 is 2.87 bits per heavy atom. The van der Waals surface area contributed by atoms with E-state index in [9.17, 15) is 5.11 Å². The Labute approximate surface area is 95.4 Å². The third-order valence-electron chi connectivity index (χ3n) is 3.35. The summed E-state index contributed by atoms with van der Waals surface area (Å²) in [6.07, 6.45) is 10.5. The van der Waals surface area contributed by atoms with Crippen molar-refractivity contribution in [3.63, 3.8) is 0 Å². The summed E-state index contributed by atoms with van der Waals surface area (Å²) in [5, 5.41) is 9.91. The molecule has 3 heteroatoms. The van der Waals surface area contributed by atoms with Gasteiger partial charge in [-0.25, -0.2) is 0 Å². The molecule has 1 aromatic rings. The number of thiazole rings is 1. The van der Waals surface area contributed by atoms with Crippen LogP contribution in [-0.2, 0) is 0 Å². The number of hydrogen-bond acceptors (Lipinski definition) is 3. The molecule has 0 aliphatic heterocycles. The number of rotatable bonds is 4. The molecule has 1 atom stereocenters. The summed E-state index contributed by atoms with van der Waals surface area (Å²) >= 11 is 1.56. The van der Waals surface area contributed by atoms with Crippen LogP contribution in [0, 0.1) is 5.92 Å². The van der Waals surface area contributed by atoms with E-state index in [4.69, 9.17) is 0 Å². The van der Waals surface area contributed by atoms with Gasteiger partial charge in [0.05, 0.1) is 16.5 Å². The van der Waals surface area contributed by atoms with Crippen molar-refractivity contribution in [3.05, 3.63) is 16.6 Å². The molecule has 1 N–H and O–H groups in total. The molecule has 0 radical (unpaired) electrons. The first-order valence-corrected chi connectivity index (χ1v) is 6.80. The third-order valence-corrected chi connectivity index (χ3v) is 4.23. The predicted molar refractivity (Wildman–Crippen MR) is 62.9 cm³/mol. The second kappa shape index (κ2) is 5.61. The van der Waals surface area contributed by atoms with Gasteiger partial charge >= 0.3 is 0 Å². The molecule has 0 aromatic carbocycles. The van der Waals surface area contributed by atoms with Gasteiger partial charge in [-0.15, -0.1) is 11.3 Å². The van der Waals surface area contributed by atoms with E-state index in [1.807, 2.05) is 0 Å². The lowest BCUT2D eigenvalue weighted by atomic mass is 9.85. The Kier molecular flexibility index (Phi) is 4.15. The Morgan fingerprint density at radius 1 is 1.40 bits per heavy atom. The standard InChI is InChI=1S/C12H19NOS/c14-11(12-8-13-9-15-12)7-6-10-4-2-1-3-5-10/h8-11,14H,1-7H2. The van der Waals surface area contributed by atoms with Crippen LogP contribution in [0.5, 0.6) is 0 Å². The van der Waals surface area contributed by atoms with Crippen molar-refractivity contribution < 1.29 is 5.11 Å². The lowest BCUT2D eigenvalue weighted by molar-refractivity contribution is 0.154. The van der Waals surface area contributed by atoms with Gasteiger partial charge in [0.15, 0.2) is 0 Å². The molecule has 1 aromatic heterocycles. The van der Waals surface area contributed by atoms with Gasteiger partial charge < -0.3 is 5.11 Å². The van der Waals surface area contributed by atoms with Crippen LogP contribution in [0.2, 0.25) is 0 Å². The predicted octanol–water partition coefficient (Wildman–Crippen LogP) is 3.54. The van der Waals surface area contributed by atoms with E-state index < -0.39 is 0 Å². The summed E-state index contributed by atoms with van der Waals surface area (Å²) in [6, 6.07) is 0. The SMILES string of the molecule is OC(CCC1CCCCC1)c1cncs1. The Morgan fingerprint density at radius 2 is 2.20 bits per heavy atom. The lowest BCUT2D eigenvalue weighted by Gasteiger charge is -2.22. The maximum Gasteiger partial charge on any atom is 0.0898 e. The number of aliphatic hydroxyl groups excluding tert-OH is 1. The van der Waals surface area contributed by atoms with E-state index in [-0.39, 0.29) is 6.10 Å². The maximum absolute atomic E-state index is 9.91. The van der Waals surface area contributed by atoms with Crippen LogP contribution in [0.15, 0.2) is 11.7 Å². The summed E-state index contributed by atoms with van der Waals surface area (Å²) in [5.41, 5.74) is 1.79. The number of hydrogen-bond donors (Lipinski definition) is 1. The highest BCUT2D eigenvalue weighted by molar-refractivity contribution is 7.09. The molecule has 2 rings (SSSR count). The maximum atomic E-state index is 9.91. The molecule has 1 fully saturated rings. The molecule has 0 saturated heterocycles. The first-order chi connectivity index (χ1) is 7.36. The van der Waals surface area contributed by atoms with Gasteiger partial charge in [-0.05, 0) is 18.8 Å². The fraction of sp³-hybridized carbons (Fsp3) is 0.750. The summed E-state index contributed by atoms with van der Waals surface area (Å²) in [5.74, 6) is 0.862. The summed E-state index contributed by atoms with van der Waals surface area (Å²) < 4.78 is 0. The monoisotopic (exact) mass is 225 g/mol. The molecule has 1 heterocycles. The summed E-state index contributed by atoms with van der Waals surface area (Å²) in [6.45, 7) is 0. The molecule has 84 valence electrons. The largest absolute Gasteiger partial charge is 0.388 e. The van der Waals surface area contributed by atoms with Crippen LogP contribution in [0.1, 0.15) is 55.9 Å². The summed E-state index contributed by atoms with van der Waals surface area (Å²) in [7, 11) is 0. The van der Waals surface area contributed by atoms with Crippen molar-refractivity contribution in [1.82, 2.24) is 4.98 Å². The zero-order chi connectivity index (χ0) is 10.5. The van der Waals surface area contributed by atoms with Crippen LogP contribution in [0.3, 0.4) is 0 Å². The highest BCUT2D eigenvalue weighted by Crippen LogP contribution is 2.30. The minimum absolute atomic E-state index is 0.278. The molecular weight excluding hydrogens is 206 g/mol. The van der Waals surface area contributed by atoms with Crippen LogP contribution >= 0.6 is 11.3 Å². The molecule has 2 nitrogen and oxygen atoms in total. The van der Waals surface area contributed by atoms with Crippen molar-refractivity contribution in [2.75, 3.05) is 0 Å². The topological polar surface area (TPSA) is 33.1 Å². The average Bonchev–Trinajstić information content (AvgIpc) is 2.81. The fourth-order valence-corrected chi connectivity index (χ4v) is 3.04. The molecule has 0 amide bonds. The second-order valence-electron chi connectivity index (χ2n) is 4.50. The molecule has 0 spiro atoms. The normalized spacial score (nSPS) is 20.3. The first-order valence-electron chi connectivity index (χ1n) is 5.92. The minimum atomic E-state index is -0.278. The average molecular weight is 225 g/mol. The van der Waals surface area contributed by atoms with Crippen molar-refractivity contribution in [3.8, 4) is 0 Å². The molecular formula is C12H19NOS. The molecule has 1 saturated carbocycles. The molecule has 1 unspecified atom stereocenters. The molecule has 1 aliphatic rings. The Bertz CT molecular complexity index is 267. The number of aromatic nitrogens is 1. The Hall–Kier alpha value is -0.410. The minimum Gasteiger partial charge on any atom is -0.388 e. The van der Waals surface area contributed by atoms with Crippen molar-refractivity contribution in [2.24, 2.45) is 5.92 Å². The van der Waals surface area contributed by atoms with Gasteiger partial charge in [-0.1, -0.05) is 32.1 Å². The van der Waals surface area contributed by atoms with Crippen molar-refractivity contribution >= 4 is 11.3 Å². The highest BCUT2D eigenvalue weighted by atomic mass is 32.1. The third kappa shape index (κ3) is 3.28. The van der Waals surface area contributed by atoms with Gasteiger partial charge in [-0.2, -0.15) is 0 Å². The lowest BCUT2D eigenvalue weighted by Crippen LogP contribution is -2.08. The fourth-order valence-electron chi connectivity index (χ4n) is 2.40. The quantitative estimate of drug-likeness (QED) is 0.850. The molecule has 15 heavy (non-hydrogen) atoms. The Balaban J connectivity index is 1.73. The van der Waals surface area contributed by atoms with Gasteiger partial charge in [0.25, 0.3) is 0 Å². The zero-order valence-electron chi connectivity index (χ0n) is 9.06. The van der Waals surface area contributed by atoms with Crippen LogP contribution in [0.25, 0.3) is 0 Å². The second-order valence-corrected chi connectivity index (χ2v) is 5.42. The van der Waals surface area contributed by atoms with Crippen LogP contribution in [0.4, 0.5) is 0 Å². The van der Waals surface area contributed by atoms with E-state index in [0.717, 1.165) is 17.2 Å². The summed E-state index contributed by atoms with van der Waals surface area (Å²) in [4.78, 5) is 5.02. The van der Waals surface area contributed by atoms with Gasteiger partial charge in [0, 0.05) is 6.20 Å².